The van der Waals surface area contributed by atoms with Crippen LogP contribution < -0.4 is 10.6 Å². The maximum atomic E-state index is 13.8. The summed E-state index contributed by atoms with van der Waals surface area (Å²) in [6, 6.07) is 0. The number of rotatable bonds is 1. The summed E-state index contributed by atoms with van der Waals surface area (Å²) in [4.78, 5) is 4.04. The van der Waals surface area contributed by atoms with E-state index in [2.05, 4.69) is 15.6 Å². The van der Waals surface area contributed by atoms with Gasteiger partial charge in [-0.15, -0.1) is 0 Å². The van der Waals surface area contributed by atoms with E-state index in [9.17, 15) is 4.39 Å². The second kappa shape index (κ2) is 3.92. The van der Waals surface area contributed by atoms with Gasteiger partial charge in [-0.2, -0.15) is 0 Å². The molecule has 14 heavy (non-hydrogen) atoms. The molecule has 2 heterocycles. The molecule has 0 aromatic carbocycles. The van der Waals surface area contributed by atoms with Crippen LogP contribution in [0.25, 0.3) is 0 Å². The highest BCUT2D eigenvalue weighted by atomic mass is 19.1. The second-order valence-electron chi connectivity index (χ2n) is 3.45. The molecule has 1 aliphatic heterocycles. The normalized spacial score (nSPS) is 15.9. The summed E-state index contributed by atoms with van der Waals surface area (Å²) in [5.41, 5.74) is 1.80. The van der Waals surface area contributed by atoms with Crippen LogP contribution in [0.4, 0.5) is 10.2 Å². The van der Waals surface area contributed by atoms with E-state index >= 15 is 0 Å². The minimum absolute atomic E-state index is 0.209. The molecule has 0 saturated heterocycles. The molecule has 1 aliphatic rings. The fraction of sp³-hybridized carbons (Fsp3) is 0.500. The molecule has 0 fully saturated rings. The van der Waals surface area contributed by atoms with E-state index in [1.807, 2.05) is 0 Å². The Morgan fingerprint density at radius 2 is 2.43 bits per heavy atom. The lowest BCUT2D eigenvalue weighted by molar-refractivity contribution is 0.592. The molecule has 1 aromatic rings. The highest BCUT2D eigenvalue weighted by Gasteiger charge is 2.15. The van der Waals surface area contributed by atoms with Crippen LogP contribution in [-0.4, -0.2) is 18.6 Å². The number of aromatic nitrogens is 1. The second-order valence-corrected chi connectivity index (χ2v) is 3.45. The number of pyridine rings is 1. The van der Waals surface area contributed by atoms with E-state index < -0.39 is 0 Å². The first kappa shape index (κ1) is 9.40. The van der Waals surface area contributed by atoms with Gasteiger partial charge < -0.3 is 10.6 Å². The first-order chi connectivity index (χ1) is 6.83. The molecule has 0 spiro atoms. The van der Waals surface area contributed by atoms with Crippen LogP contribution in [0.3, 0.4) is 0 Å². The Kier molecular flexibility index (Phi) is 2.63. The molecular weight excluding hydrogens is 181 g/mol. The van der Waals surface area contributed by atoms with Gasteiger partial charge in [-0.05, 0) is 24.9 Å². The molecule has 0 bridgehead atoms. The lowest BCUT2D eigenvalue weighted by atomic mass is 10.1. The third kappa shape index (κ3) is 1.57. The molecule has 2 N–H and O–H groups in total. The summed E-state index contributed by atoms with van der Waals surface area (Å²) < 4.78 is 13.8. The third-order valence-electron chi connectivity index (χ3n) is 2.55. The van der Waals surface area contributed by atoms with Crippen molar-refractivity contribution in [2.45, 2.75) is 19.4 Å². The Bertz CT molecular complexity index is 338. The Morgan fingerprint density at radius 3 is 3.21 bits per heavy atom. The maximum Gasteiger partial charge on any atom is 0.170 e. The van der Waals surface area contributed by atoms with Crippen LogP contribution in [-0.2, 0) is 13.0 Å². The zero-order chi connectivity index (χ0) is 9.97. The topological polar surface area (TPSA) is 37.0 Å². The summed E-state index contributed by atoms with van der Waals surface area (Å²) in [5.74, 6) is 0.131. The Hall–Kier alpha value is -1.16. The molecular formula is C10H14FN3. The van der Waals surface area contributed by atoms with Crippen molar-refractivity contribution in [3.8, 4) is 0 Å². The fourth-order valence-electron chi connectivity index (χ4n) is 1.76. The Balaban J connectivity index is 2.44. The maximum absolute atomic E-state index is 13.8. The molecule has 4 heteroatoms. The number of hydrogen-bond donors (Lipinski definition) is 2. The van der Waals surface area contributed by atoms with Crippen LogP contribution in [0, 0.1) is 5.82 Å². The van der Waals surface area contributed by atoms with E-state index in [4.69, 9.17) is 0 Å². The fourth-order valence-corrected chi connectivity index (χ4v) is 1.76. The molecule has 0 atom stereocenters. The smallest absolute Gasteiger partial charge is 0.170 e. The van der Waals surface area contributed by atoms with Crippen LogP contribution >= 0.6 is 0 Å². The Morgan fingerprint density at radius 1 is 1.57 bits per heavy atom. The van der Waals surface area contributed by atoms with Crippen molar-refractivity contribution in [2.24, 2.45) is 0 Å². The number of aryl methyl sites for hydroxylation is 1. The third-order valence-corrected chi connectivity index (χ3v) is 2.55. The van der Waals surface area contributed by atoms with Crippen molar-refractivity contribution in [2.75, 3.05) is 18.9 Å². The van der Waals surface area contributed by atoms with Gasteiger partial charge in [0.15, 0.2) is 11.6 Å². The largest absolute Gasteiger partial charge is 0.371 e. The zero-order valence-electron chi connectivity index (χ0n) is 8.23. The molecule has 0 radical (unpaired) electrons. The molecule has 0 unspecified atom stereocenters. The van der Waals surface area contributed by atoms with Crippen molar-refractivity contribution >= 4 is 5.82 Å². The average Bonchev–Trinajstić information content (AvgIpc) is 2.44. The number of fused-ring (bicyclic) bond motifs is 1. The van der Waals surface area contributed by atoms with Gasteiger partial charge in [0.25, 0.3) is 0 Å². The van der Waals surface area contributed by atoms with E-state index in [1.54, 1.807) is 13.2 Å². The minimum Gasteiger partial charge on any atom is -0.371 e. The van der Waals surface area contributed by atoms with Gasteiger partial charge in [0, 0.05) is 25.4 Å². The van der Waals surface area contributed by atoms with E-state index in [0.29, 0.717) is 12.4 Å². The quantitative estimate of drug-likeness (QED) is 0.709. The van der Waals surface area contributed by atoms with E-state index in [0.717, 1.165) is 30.5 Å². The van der Waals surface area contributed by atoms with Gasteiger partial charge >= 0.3 is 0 Å². The van der Waals surface area contributed by atoms with Gasteiger partial charge in [-0.3, -0.25) is 0 Å². The summed E-state index contributed by atoms with van der Waals surface area (Å²) in [6.45, 7) is 1.56. The minimum atomic E-state index is -0.209. The summed E-state index contributed by atoms with van der Waals surface area (Å²) in [6.07, 6.45) is 3.74. The summed E-state index contributed by atoms with van der Waals surface area (Å²) in [7, 11) is 1.68. The standard InChI is InChI=1S/C10H14FN3/c1-12-10-9(11)8-6-13-4-2-3-7(8)5-14-10/h5,13H,2-4,6H2,1H3,(H,12,14). The van der Waals surface area contributed by atoms with E-state index in [-0.39, 0.29) is 5.82 Å². The predicted octanol–water partition coefficient (Wildman–Crippen LogP) is 1.30. The van der Waals surface area contributed by atoms with Crippen molar-refractivity contribution in [3.63, 3.8) is 0 Å². The van der Waals surface area contributed by atoms with Crippen LogP contribution in [0.15, 0.2) is 6.20 Å². The summed E-state index contributed by atoms with van der Waals surface area (Å²) >= 11 is 0. The number of halogens is 1. The van der Waals surface area contributed by atoms with Crippen LogP contribution in [0.5, 0.6) is 0 Å². The molecule has 2 rings (SSSR count). The monoisotopic (exact) mass is 195 g/mol. The molecule has 1 aromatic heterocycles. The zero-order valence-corrected chi connectivity index (χ0v) is 8.23. The lowest BCUT2D eigenvalue weighted by Crippen LogP contribution is -2.14. The SMILES string of the molecule is CNc1ncc2c(c1F)CNCCC2. The van der Waals surface area contributed by atoms with Crippen LogP contribution in [0.2, 0.25) is 0 Å². The molecule has 0 aliphatic carbocycles. The number of anilines is 1. The van der Waals surface area contributed by atoms with Gasteiger partial charge in [0.2, 0.25) is 0 Å². The van der Waals surface area contributed by atoms with Crippen molar-refractivity contribution < 1.29 is 4.39 Å². The van der Waals surface area contributed by atoms with Crippen LogP contribution in [0.1, 0.15) is 17.5 Å². The lowest BCUT2D eigenvalue weighted by Gasteiger charge is -2.09. The highest BCUT2D eigenvalue weighted by molar-refractivity contribution is 5.43. The number of hydrogen-bond acceptors (Lipinski definition) is 3. The Labute approximate surface area is 82.7 Å². The molecule has 0 amide bonds. The van der Waals surface area contributed by atoms with Crippen molar-refractivity contribution in [1.29, 1.82) is 0 Å². The van der Waals surface area contributed by atoms with Crippen molar-refractivity contribution in [3.05, 3.63) is 23.1 Å². The van der Waals surface area contributed by atoms with E-state index in [1.165, 1.54) is 0 Å². The average molecular weight is 195 g/mol. The van der Waals surface area contributed by atoms with Gasteiger partial charge in [0.05, 0.1) is 0 Å². The molecule has 3 nitrogen and oxygen atoms in total. The number of nitrogens with zero attached hydrogens (tertiary/aromatic N) is 1. The predicted molar refractivity (Wildman–Crippen MR) is 53.8 cm³/mol. The van der Waals surface area contributed by atoms with Gasteiger partial charge in [-0.1, -0.05) is 0 Å². The summed E-state index contributed by atoms with van der Waals surface area (Å²) in [5, 5.41) is 5.95. The molecule has 0 saturated carbocycles. The van der Waals surface area contributed by atoms with Crippen molar-refractivity contribution in [1.82, 2.24) is 10.3 Å². The first-order valence-electron chi connectivity index (χ1n) is 4.87. The first-order valence-corrected chi connectivity index (χ1v) is 4.87. The highest BCUT2D eigenvalue weighted by Crippen LogP contribution is 2.21. The van der Waals surface area contributed by atoms with Gasteiger partial charge in [0.1, 0.15) is 0 Å². The van der Waals surface area contributed by atoms with Gasteiger partial charge in [-0.25, -0.2) is 9.37 Å². The number of nitrogens with one attached hydrogen (secondary N) is 2. The molecule has 76 valence electrons.